The van der Waals surface area contributed by atoms with Crippen molar-refractivity contribution in [3.8, 4) is 0 Å². The number of hydrogen-bond acceptors (Lipinski definition) is 3. The topological polar surface area (TPSA) is 27.3 Å². The van der Waals surface area contributed by atoms with Gasteiger partial charge in [0.25, 0.3) is 0 Å². The first-order chi connectivity index (χ1) is 11.4. The minimum atomic E-state index is 0. The summed E-state index contributed by atoms with van der Waals surface area (Å²) in [6.07, 6.45) is 1.03. The number of nitrogens with one attached hydrogen (secondary N) is 2. The highest BCUT2D eigenvalue weighted by Crippen LogP contribution is 2.18. The van der Waals surface area contributed by atoms with Gasteiger partial charge in [0.15, 0.2) is 0 Å². The lowest BCUT2D eigenvalue weighted by Gasteiger charge is -2.28. The average Bonchev–Trinajstić information content (AvgIpc) is 2.63. The highest BCUT2D eigenvalue weighted by atomic mass is 35.5. The lowest BCUT2D eigenvalue weighted by Crippen LogP contribution is -2.46. The Kier molecular flexibility index (Phi) is 10.8. The standard InChI is InChI=1S/C20H27N3.2ClH/c1-3-7-18(8-4-1)17-20(19-9-5-2-6-10-19)22-13-16-23-14-11-21-12-15-23;;/h1-10,20-22H,11-17H2;2*1H. The van der Waals surface area contributed by atoms with Crippen LogP contribution in [-0.2, 0) is 6.42 Å². The second-order valence-electron chi connectivity index (χ2n) is 6.20. The molecule has 1 aliphatic heterocycles. The first-order valence-electron chi connectivity index (χ1n) is 8.67. The van der Waals surface area contributed by atoms with Crippen LogP contribution in [0.15, 0.2) is 60.7 Å². The SMILES string of the molecule is Cl.Cl.c1ccc(CC(NCCN2CCNCC2)c2ccccc2)cc1. The number of nitrogens with zero attached hydrogens (tertiary/aromatic N) is 1. The molecular formula is C20H29Cl2N3. The van der Waals surface area contributed by atoms with Crippen LogP contribution < -0.4 is 10.6 Å². The molecule has 0 aliphatic carbocycles. The molecule has 2 N–H and O–H groups in total. The van der Waals surface area contributed by atoms with Gasteiger partial charge in [-0.25, -0.2) is 0 Å². The van der Waals surface area contributed by atoms with Gasteiger partial charge in [-0.15, -0.1) is 24.8 Å². The summed E-state index contributed by atoms with van der Waals surface area (Å²) < 4.78 is 0. The molecule has 0 bridgehead atoms. The summed E-state index contributed by atoms with van der Waals surface area (Å²) in [4.78, 5) is 2.54. The van der Waals surface area contributed by atoms with Crippen LogP contribution >= 0.6 is 24.8 Å². The molecule has 2 aromatic carbocycles. The molecule has 0 saturated carbocycles. The van der Waals surface area contributed by atoms with Gasteiger partial charge in [0, 0.05) is 45.3 Å². The second kappa shape index (κ2) is 12.3. The molecule has 0 aromatic heterocycles. The highest BCUT2D eigenvalue weighted by Gasteiger charge is 2.13. The fourth-order valence-corrected chi connectivity index (χ4v) is 3.17. The maximum absolute atomic E-state index is 3.77. The molecule has 1 unspecified atom stereocenters. The van der Waals surface area contributed by atoms with E-state index in [2.05, 4.69) is 76.2 Å². The Morgan fingerprint density at radius 2 is 1.48 bits per heavy atom. The van der Waals surface area contributed by atoms with Crippen molar-refractivity contribution in [2.45, 2.75) is 12.5 Å². The van der Waals surface area contributed by atoms with Crippen molar-refractivity contribution in [3.05, 3.63) is 71.8 Å². The number of rotatable bonds is 7. The molecule has 3 rings (SSSR count). The van der Waals surface area contributed by atoms with E-state index in [4.69, 9.17) is 0 Å². The van der Waals surface area contributed by atoms with Crippen molar-refractivity contribution in [2.75, 3.05) is 39.3 Å². The minimum Gasteiger partial charge on any atom is -0.314 e. The van der Waals surface area contributed by atoms with Crippen molar-refractivity contribution in [1.82, 2.24) is 15.5 Å². The van der Waals surface area contributed by atoms with Crippen molar-refractivity contribution >= 4 is 24.8 Å². The predicted octanol–water partition coefficient (Wildman–Crippen LogP) is 3.31. The molecule has 1 atom stereocenters. The molecule has 2 aromatic rings. The van der Waals surface area contributed by atoms with Crippen LogP contribution in [0.3, 0.4) is 0 Å². The smallest absolute Gasteiger partial charge is 0.0361 e. The van der Waals surface area contributed by atoms with Crippen LogP contribution in [0, 0.1) is 0 Å². The first-order valence-corrected chi connectivity index (χ1v) is 8.67. The largest absolute Gasteiger partial charge is 0.314 e. The Bertz CT molecular complexity index is 560. The van der Waals surface area contributed by atoms with Crippen molar-refractivity contribution in [1.29, 1.82) is 0 Å². The van der Waals surface area contributed by atoms with Crippen LogP contribution in [0.5, 0.6) is 0 Å². The van der Waals surface area contributed by atoms with E-state index in [9.17, 15) is 0 Å². The summed E-state index contributed by atoms with van der Waals surface area (Å²) in [5, 5.41) is 7.18. The van der Waals surface area contributed by atoms with E-state index < -0.39 is 0 Å². The zero-order valence-corrected chi connectivity index (χ0v) is 16.2. The third-order valence-electron chi connectivity index (χ3n) is 4.51. The van der Waals surface area contributed by atoms with E-state index >= 15 is 0 Å². The second-order valence-corrected chi connectivity index (χ2v) is 6.20. The normalized spacial score (nSPS) is 15.7. The van der Waals surface area contributed by atoms with Crippen LogP contribution in [0.1, 0.15) is 17.2 Å². The fraction of sp³-hybridized carbons (Fsp3) is 0.400. The number of piperazine rings is 1. The van der Waals surface area contributed by atoms with Gasteiger partial charge in [0.05, 0.1) is 0 Å². The Morgan fingerprint density at radius 1 is 0.880 bits per heavy atom. The van der Waals surface area contributed by atoms with Crippen molar-refractivity contribution in [2.24, 2.45) is 0 Å². The van der Waals surface area contributed by atoms with Gasteiger partial charge in [-0.2, -0.15) is 0 Å². The molecule has 1 heterocycles. The average molecular weight is 382 g/mol. The quantitative estimate of drug-likeness (QED) is 0.770. The van der Waals surface area contributed by atoms with E-state index in [1.165, 1.54) is 11.1 Å². The molecule has 138 valence electrons. The summed E-state index contributed by atoms with van der Waals surface area (Å²) in [6, 6.07) is 21.9. The summed E-state index contributed by atoms with van der Waals surface area (Å²) >= 11 is 0. The van der Waals surface area contributed by atoms with Crippen molar-refractivity contribution < 1.29 is 0 Å². The number of halogens is 2. The van der Waals surface area contributed by atoms with Crippen LogP contribution in [0.4, 0.5) is 0 Å². The van der Waals surface area contributed by atoms with Gasteiger partial charge in [0.2, 0.25) is 0 Å². The molecule has 5 heteroatoms. The van der Waals surface area contributed by atoms with E-state index in [0.29, 0.717) is 6.04 Å². The molecule has 25 heavy (non-hydrogen) atoms. The molecule has 1 fully saturated rings. The van der Waals surface area contributed by atoms with Crippen LogP contribution in [-0.4, -0.2) is 44.2 Å². The van der Waals surface area contributed by atoms with Crippen molar-refractivity contribution in [3.63, 3.8) is 0 Å². The summed E-state index contributed by atoms with van der Waals surface area (Å²) in [6.45, 7) is 6.72. The molecule has 0 radical (unpaired) electrons. The van der Waals surface area contributed by atoms with Gasteiger partial charge in [-0.3, -0.25) is 4.90 Å². The first kappa shape index (κ1) is 21.9. The van der Waals surface area contributed by atoms with Gasteiger partial charge >= 0.3 is 0 Å². The number of benzene rings is 2. The predicted molar refractivity (Wildman–Crippen MR) is 111 cm³/mol. The zero-order chi connectivity index (χ0) is 15.7. The Balaban J connectivity index is 0.00000156. The Hall–Kier alpha value is -1.10. The molecule has 0 spiro atoms. The van der Waals surface area contributed by atoms with Gasteiger partial charge < -0.3 is 10.6 Å². The van der Waals surface area contributed by atoms with Gasteiger partial charge in [0.1, 0.15) is 0 Å². The summed E-state index contributed by atoms with van der Waals surface area (Å²) in [5.74, 6) is 0. The zero-order valence-electron chi connectivity index (χ0n) is 14.6. The third kappa shape index (κ3) is 7.35. The van der Waals surface area contributed by atoms with E-state index in [1.807, 2.05) is 0 Å². The Morgan fingerprint density at radius 3 is 2.12 bits per heavy atom. The van der Waals surface area contributed by atoms with E-state index in [1.54, 1.807) is 0 Å². The maximum Gasteiger partial charge on any atom is 0.0361 e. The highest BCUT2D eigenvalue weighted by molar-refractivity contribution is 5.85. The molecule has 0 amide bonds. The lowest BCUT2D eigenvalue weighted by atomic mass is 9.99. The van der Waals surface area contributed by atoms with Crippen LogP contribution in [0.2, 0.25) is 0 Å². The molecule has 1 aliphatic rings. The summed E-state index contributed by atoms with van der Waals surface area (Å²) in [5.41, 5.74) is 2.76. The summed E-state index contributed by atoms with van der Waals surface area (Å²) in [7, 11) is 0. The molecule has 3 nitrogen and oxygen atoms in total. The maximum atomic E-state index is 3.77. The molecular weight excluding hydrogens is 353 g/mol. The number of hydrogen-bond donors (Lipinski definition) is 2. The third-order valence-corrected chi connectivity index (χ3v) is 4.51. The lowest BCUT2D eigenvalue weighted by molar-refractivity contribution is 0.238. The van der Waals surface area contributed by atoms with E-state index in [-0.39, 0.29) is 24.8 Å². The van der Waals surface area contributed by atoms with Gasteiger partial charge in [-0.1, -0.05) is 60.7 Å². The fourth-order valence-electron chi connectivity index (χ4n) is 3.17. The minimum absolute atomic E-state index is 0. The monoisotopic (exact) mass is 381 g/mol. The van der Waals surface area contributed by atoms with Crippen LogP contribution in [0.25, 0.3) is 0 Å². The van der Waals surface area contributed by atoms with E-state index in [0.717, 1.165) is 45.7 Å². The van der Waals surface area contributed by atoms with Gasteiger partial charge in [-0.05, 0) is 17.5 Å². The Labute approximate surface area is 164 Å². The molecule has 1 saturated heterocycles.